The van der Waals surface area contributed by atoms with E-state index in [9.17, 15) is 14.0 Å². The predicted molar refractivity (Wildman–Crippen MR) is 122 cm³/mol. The molecule has 0 radical (unpaired) electrons. The molecule has 2 heterocycles. The van der Waals surface area contributed by atoms with Crippen molar-refractivity contribution in [2.75, 3.05) is 18.6 Å². The Morgan fingerprint density at radius 2 is 1.67 bits per heavy atom. The van der Waals surface area contributed by atoms with Crippen LogP contribution in [0.1, 0.15) is 34.6 Å². The summed E-state index contributed by atoms with van der Waals surface area (Å²) in [7, 11) is 1.56. The van der Waals surface area contributed by atoms with Crippen LogP contribution in [0, 0.1) is 5.82 Å². The van der Waals surface area contributed by atoms with Crippen molar-refractivity contribution in [2.24, 2.45) is 0 Å². The van der Waals surface area contributed by atoms with Gasteiger partial charge in [0.2, 0.25) is 5.76 Å². The Hall–Kier alpha value is -4.13. The summed E-state index contributed by atoms with van der Waals surface area (Å²) in [5.41, 5.74) is 1.17. The van der Waals surface area contributed by atoms with Gasteiger partial charge in [-0.2, -0.15) is 0 Å². The van der Waals surface area contributed by atoms with Gasteiger partial charge in [-0.25, -0.2) is 4.39 Å². The molecule has 33 heavy (non-hydrogen) atoms. The van der Waals surface area contributed by atoms with Crippen molar-refractivity contribution in [2.45, 2.75) is 13.0 Å². The number of halogens is 1. The lowest BCUT2D eigenvalue weighted by atomic mass is 9.98. The van der Waals surface area contributed by atoms with Gasteiger partial charge in [0.25, 0.3) is 5.91 Å². The SMILES string of the molecule is CCOc1ccc(N2C(=O)c3oc4ccc(F)cc4c(=O)c3C2c2ccc(OC)cc2)cc1. The number of methoxy groups -OCH3 is 1. The van der Waals surface area contributed by atoms with Crippen LogP contribution in [0.5, 0.6) is 11.5 Å². The van der Waals surface area contributed by atoms with Gasteiger partial charge in [0.1, 0.15) is 22.9 Å². The average molecular weight is 445 g/mol. The van der Waals surface area contributed by atoms with Crippen molar-refractivity contribution < 1.29 is 23.1 Å². The molecule has 6 nitrogen and oxygen atoms in total. The second kappa shape index (κ2) is 8.09. The zero-order valence-corrected chi connectivity index (χ0v) is 18.0. The fraction of sp³-hybridized carbons (Fsp3) is 0.154. The molecule has 5 rings (SSSR count). The summed E-state index contributed by atoms with van der Waals surface area (Å²) in [4.78, 5) is 28.5. The van der Waals surface area contributed by atoms with Crippen LogP contribution in [-0.2, 0) is 0 Å². The van der Waals surface area contributed by atoms with E-state index in [0.29, 0.717) is 29.4 Å². The van der Waals surface area contributed by atoms with Crippen LogP contribution in [0.2, 0.25) is 0 Å². The molecule has 7 heteroatoms. The molecule has 1 unspecified atom stereocenters. The second-order valence-corrected chi connectivity index (χ2v) is 7.59. The molecule has 0 N–H and O–H groups in total. The fourth-order valence-electron chi connectivity index (χ4n) is 4.18. The van der Waals surface area contributed by atoms with Gasteiger partial charge in [-0.3, -0.25) is 14.5 Å². The van der Waals surface area contributed by atoms with Crippen molar-refractivity contribution in [3.8, 4) is 11.5 Å². The van der Waals surface area contributed by atoms with Crippen LogP contribution in [-0.4, -0.2) is 19.6 Å². The van der Waals surface area contributed by atoms with E-state index >= 15 is 0 Å². The molecule has 1 aromatic heterocycles. The topological polar surface area (TPSA) is 69.0 Å². The minimum atomic E-state index is -0.750. The van der Waals surface area contributed by atoms with Crippen molar-refractivity contribution in [1.82, 2.24) is 0 Å². The summed E-state index contributed by atoms with van der Waals surface area (Å²) in [5.74, 6) is 0.265. The number of fused-ring (bicyclic) bond motifs is 2. The summed E-state index contributed by atoms with van der Waals surface area (Å²) in [6.07, 6.45) is 0. The fourth-order valence-corrected chi connectivity index (χ4v) is 4.18. The number of ether oxygens (including phenoxy) is 2. The van der Waals surface area contributed by atoms with Crippen molar-refractivity contribution >= 4 is 22.6 Å². The smallest absolute Gasteiger partial charge is 0.295 e. The van der Waals surface area contributed by atoms with Gasteiger partial charge in [0.05, 0.1) is 30.7 Å². The average Bonchev–Trinajstić information content (AvgIpc) is 3.13. The van der Waals surface area contributed by atoms with Crippen molar-refractivity contribution in [3.63, 3.8) is 0 Å². The summed E-state index contributed by atoms with van der Waals surface area (Å²) in [5, 5.41) is 0.0913. The molecular weight excluding hydrogens is 425 g/mol. The monoisotopic (exact) mass is 445 g/mol. The maximum atomic E-state index is 13.9. The number of carbonyl (C=O) groups is 1. The zero-order valence-electron chi connectivity index (χ0n) is 18.0. The first-order valence-electron chi connectivity index (χ1n) is 10.5. The first kappa shape index (κ1) is 20.8. The molecule has 4 aromatic rings. The zero-order chi connectivity index (χ0) is 23.1. The van der Waals surface area contributed by atoms with E-state index < -0.39 is 23.2 Å². The third-order valence-corrected chi connectivity index (χ3v) is 5.69. The van der Waals surface area contributed by atoms with Gasteiger partial charge in [0, 0.05) is 5.69 Å². The molecule has 0 aliphatic carbocycles. The maximum absolute atomic E-state index is 13.9. The second-order valence-electron chi connectivity index (χ2n) is 7.59. The Kier molecular flexibility index (Phi) is 5.09. The van der Waals surface area contributed by atoms with Crippen LogP contribution in [0.4, 0.5) is 10.1 Å². The van der Waals surface area contributed by atoms with Crippen LogP contribution >= 0.6 is 0 Å². The molecule has 0 fully saturated rings. The molecule has 166 valence electrons. The first-order chi connectivity index (χ1) is 16.0. The molecular formula is C26H20FNO5. The number of benzene rings is 3. The van der Waals surface area contributed by atoms with E-state index in [4.69, 9.17) is 13.9 Å². The van der Waals surface area contributed by atoms with Gasteiger partial charge in [-0.1, -0.05) is 12.1 Å². The predicted octanol–water partition coefficient (Wildman–Crippen LogP) is 5.09. The normalized spacial score (nSPS) is 15.1. The van der Waals surface area contributed by atoms with Crippen LogP contribution in [0.25, 0.3) is 11.0 Å². The summed E-state index contributed by atoms with van der Waals surface area (Å²) in [6.45, 7) is 2.41. The highest BCUT2D eigenvalue weighted by Gasteiger charge is 2.43. The minimum absolute atomic E-state index is 0.0474. The van der Waals surface area contributed by atoms with Gasteiger partial charge in [-0.15, -0.1) is 0 Å². The van der Waals surface area contributed by atoms with Gasteiger partial charge in [-0.05, 0) is 67.1 Å². The summed E-state index contributed by atoms with van der Waals surface area (Å²) >= 11 is 0. The molecule has 0 saturated heterocycles. The Morgan fingerprint density at radius 3 is 2.33 bits per heavy atom. The Labute approximate surface area is 188 Å². The number of anilines is 1. The highest BCUT2D eigenvalue weighted by molar-refractivity contribution is 6.10. The quantitative estimate of drug-likeness (QED) is 0.428. The molecule has 0 bridgehead atoms. The van der Waals surface area contributed by atoms with E-state index in [2.05, 4.69) is 0 Å². The number of hydrogen-bond donors (Lipinski definition) is 0. The molecule has 1 amide bonds. The van der Waals surface area contributed by atoms with Crippen molar-refractivity contribution in [3.05, 3.63) is 99.7 Å². The Morgan fingerprint density at radius 1 is 0.970 bits per heavy atom. The van der Waals surface area contributed by atoms with E-state index in [1.807, 2.05) is 6.92 Å². The lowest BCUT2D eigenvalue weighted by Gasteiger charge is -2.25. The Balaban J connectivity index is 1.73. The first-order valence-corrected chi connectivity index (χ1v) is 10.5. The number of rotatable bonds is 5. The summed E-state index contributed by atoms with van der Waals surface area (Å²) in [6, 6.07) is 17.1. The molecule has 0 saturated carbocycles. The standard InChI is InChI=1S/C26H20FNO5/c1-3-32-19-11-7-17(8-12-19)28-23(15-4-9-18(31-2)10-5-15)22-24(29)20-14-16(27)6-13-21(20)33-25(22)26(28)30/h4-14,23H,3H2,1-2H3. The molecule has 1 aliphatic heterocycles. The van der Waals surface area contributed by atoms with Gasteiger partial charge in [0.15, 0.2) is 5.43 Å². The Bertz CT molecular complexity index is 1410. The molecule has 1 aliphatic rings. The van der Waals surface area contributed by atoms with E-state index in [0.717, 1.165) is 6.07 Å². The van der Waals surface area contributed by atoms with E-state index in [-0.39, 0.29) is 22.3 Å². The lowest BCUT2D eigenvalue weighted by Crippen LogP contribution is -2.29. The van der Waals surface area contributed by atoms with Gasteiger partial charge >= 0.3 is 0 Å². The number of hydrogen-bond acceptors (Lipinski definition) is 5. The van der Waals surface area contributed by atoms with Crippen LogP contribution in [0.15, 0.2) is 75.9 Å². The number of amides is 1. The number of nitrogens with zero attached hydrogens (tertiary/aromatic N) is 1. The van der Waals surface area contributed by atoms with Crippen LogP contribution < -0.4 is 19.8 Å². The third-order valence-electron chi connectivity index (χ3n) is 5.69. The van der Waals surface area contributed by atoms with E-state index in [1.54, 1.807) is 55.6 Å². The largest absolute Gasteiger partial charge is 0.497 e. The third kappa shape index (κ3) is 3.42. The highest BCUT2D eigenvalue weighted by Crippen LogP contribution is 2.41. The maximum Gasteiger partial charge on any atom is 0.295 e. The van der Waals surface area contributed by atoms with E-state index in [1.165, 1.54) is 17.0 Å². The molecule has 1 atom stereocenters. The molecule has 3 aromatic carbocycles. The minimum Gasteiger partial charge on any atom is -0.497 e. The highest BCUT2D eigenvalue weighted by atomic mass is 19.1. The molecule has 0 spiro atoms. The van der Waals surface area contributed by atoms with Crippen molar-refractivity contribution in [1.29, 1.82) is 0 Å². The number of carbonyl (C=O) groups excluding carboxylic acids is 1. The van der Waals surface area contributed by atoms with Gasteiger partial charge < -0.3 is 13.9 Å². The van der Waals surface area contributed by atoms with Crippen LogP contribution in [0.3, 0.4) is 0 Å². The summed E-state index contributed by atoms with van der Waals surface area (Å²) < 4.78 is 30.5. The lowest BCUT2D eigenvalue weighted by molar-refractivity contribution is 0.0971.